The van der Waals surface area contributed by atoms with Gasteiger partial charge in [0.2, 0.25) is 5.55 Å². The van der Waals surface area contributed by atoms with Gasteiger partial charge in [0.15, 0.2) is 0 Å². The fourth-order valence-corrected chi connectivity index (χ4v) is 3.78. The van der Waals surface area contributed by atoms with Crippen molar-refractivity contribution >= 4 is 38.5 Å². The number of hydrogen-bond acceptors (Lipinski definition) is 4. The van der Waals surface area contributed by atoms with Crippen molar-refractivity contribution in [2.75, 3.05) is 13.2 Å². The molecule has 0 spiro atoms. The van der Waals surface area contributed by atoms with E-state index in [1.165, 1.54) is 0 Å². The number of aryl methyl sites for hydroxylation is 2. The monoisotopic (exact) mass is 454 g/mol. The molecule has 1 saturated heterocycles. The average Bonchev–Trinajstić information content (AvgIpc) is 3.22. The predicted octanol–water partition coefficient (Wildman–Crippen LogP) is 4.95. The Morgan fingerprint density at radius 1 is 1.21 bits per heavy atom. The fourth-order valence-electron chi connectivity index (χ4n) is 3.40. The molecule has 0 unspecified atom stereocenters. The molecule has 5 nitrogen and oxygen atoms in total. The van der Waals surface area contributed by atoms with E-state index in [0.29, 0.717) is 23.2 Å². The molecule has 0 saturated carbocycles. The van der Waals surface area contributed by atoms with Crippen molar-refractivity contribution in [2.45, 2.75) is 32.8 Å². The molecule has 2 heterocycles. The van der Waals surface area contributed by atoms with E-state index in [2.05, 4.69) is 21.2 Å². The molecule has 1 aromatic heterocycles. The van der Waals surface area contributed by atoms with Crippen molar-refractivity contribution in [3.05, 3.63) is 69.2 Å². The summed E-state index contributed by atoms with van der Waals surface area (Å²) in [6.07, 6.45) is 2.08. The van der Waals surface area contributed by atoms with Crippen LogP contribution in [0.2, 0.25) is 0 Å². The standard InChI is InChI=1S/C23H23BrN2O3/c1-14-5-6-15(2)20(10-14)26-23-19(22(27)25-13-18-4-3-9-28-18)12-16-11-17(24)7-8-21(16)29-23/h5-8,10-12,18H,3-4,9,13H2,1-2H3,(H,25,27)/t18-/m1/s1. The molecular formula is C23H23BrN2O3. The van der Waals surface area contributed by atoms with Crippen LogP contribution >= 0.6 is 15.9 Å². The van der Waals surface area contributed by atoms with Crippen LogP contribution in [0, 0.1) is 13.8 Å². The van der Waals surface area contributed by atoms with Crippen molar-refractivity contribution in [3.63, 3.8) is 0 Å². The molecule has 3 aromatic rings. The number of carbonyl (C=O) groups excluding carboxylic acids is 1. The van der Waals surface area contributed by atoms with Crippen LogP contribution in [0.15, 0.2) is 56.3 Å². The zero-order valence-corrected chi connectivity index (χ0v) is 18.1. The maximum absolute atomic E-state index is 13.0. The molecule has 0 aliphatic carbocycles. The Morgan fingerprint density at radius 2 is 2.07 bits per heavy atom. The molecule has 1 fully saturated rings. The number of nitrogens with zero attached hydrogens (tertiary/aromatic N) is 1. The Bertz CT molecular complexity index is 1130. The van der Waals surface area contributed by atoms with Gasteiger partial charge in [-0.15, -0.1) is 0 Å². The average molecular weight is 455 g/mol. The van der Waals surface area contributed by atoms with Crippen LogP contribution in [-0.2, 0) is 4.74 Å². The number of benzene rings is 2. The van der Waals surface area contributed by atoms with E-state index in [1.54, 1.807) is 0 Å². The summed E-state index contributed by atoms with van der Waals surface area (Å²) < 4.78 is 12.6. The van der Waals surface area contributed by atoms with E-state index in [4.69, 9.17) is 14.1 Å². The predicted molar refractivity (Wildman–Crippen MR) is 116 cm³/mol. The Balaban J connectivity index is 1.79. The first-order valence-corrected chi connectivity index (χ1v) is 10.5. The maximum Gasteiger partial charge on any atom is 0.256 e. The number of halogens is 1. The third kappa shape index (κ3) is 4.60. The molecule has 6 heteroatoms. The highest BCUT2D eigenvalue weighted by molar-refractivity contribution is 9.10. The van der Waals surface area contributed by atoms with Gasteiger partial charge in [0.05, 0.1) is 11.8 Å². The van der Waals surface area contributed by atoms with Gasteiger partial charge in [0, 0.05) is 23.0 Å². The number of rotatable bonds is 4. The smallest absolute Gasteiger partial charge is 0.256 e. The SMILES string of the molecule is Cc1ccc(C)c(N=c2oc3ccc(Br)cc3cc2C(=O)NC[C@H]2CCCO2)c1. The van der Waals surface area contributed by atoms with Gasteiger partial charge in [0.1, 0.15) is 11.1 Å². The number of nitrogens with one attached hydrogen (secondary N) is 1. The van der Waals surface area contributed by atoms with Gasteiger partial charge in [0.25, 0.3) is 5.91 Å². The zero-order valence-electron chi connectivity index (χ0n) is 16.5. The first-order chi connectivity index (χ1) is 14.0. The molecule has 1 aliphatic heterocycles. The summed E-state index contributed by atoms with van der Waals surface area (Å²) in [6.45, 7) is 5.25. The van der Waals surface area contributed by atoms with E-state index < -0.39 is 0 Å². The summed E-state index contributed by atoms with van der Waals surface area (Å²) in [5.41, 5.74) is 4.30. The third-order valence-electron chi connectivity index (χ3n) is 5.05. The highest BCUT2D eigenvalue weighted by atomic mass is 79.9. The summed E-state index contributed by atoms with van der Waals surface area (Å²) in [5, 5.41) is 3.81. The lowest BCUT2D eigenvalue weighted by atomic mass is 10.1. The first kappa shape index (κ1) is 19.9. The summed E-state index contributed by atoms with van der Waals surface area (Å²) in [5.74, 6) is -0.213. The lowest BCUT2D eigenvalue weighted by Crippen LogP contribution is -2.34. The topological polar surface area (TPSA) is 63.8 Å². The molecule has 1 amide bonds. The van der Waals surface area contributed by atoms with Crippen LogP contribution in [0.4, 0.5) is 5.69 Å². The summed E-state index contributed by atoms with van der Waals surface area (Å²) in [4.78, 5) is 17.7. The number of hydrogen-bond donors (Lipinski definition) is 1. The van der Waals surface area contributed by atoms with E-state index in [0.717, 1.165) is 46.1 Å². The second-order valence-corrected chi connectivity index (χ2v) is 8.31. The molecule has 2 aromatic carbocycles. The van der Waals surface area contributed by atoms with Crippen molar-refractivity contribution in [1.29, 1.82) is 0 Å². The van der Waals surface area contributed by atoms with Gasteiger partial charge < -0.3 is 14.5 Å². The van der Waals surface area contributed by atoms with Crippen molar-refractivity contribution in [3.8, 4) is 0 Å². The van der Waals surface area contributed by atoms with Crippen molar-refractivity contribution < 1.29 is 13.9 Å². The largest absolute Gasteiger partial charge is 0.438 e. The van der Waals surface area contributed by atoms with Crippen molar-refractivity contribution in [2.24, 2.45) is 4.99 Å². The van der Waals surface area contributed by atoms with Crippen LogP contribution in [0.1, 0.15) is 34.3 Å². The number of fused-ring (bicyclic) bond motifs is 1. The molecule has 29 heavy (non-hydrogen) atoms. The summed E-state index contributed by atoms with van der Waals surface area (Å²) in [6, 6.07) is 13.6. The van der Waals surface area contributed by atoms with Gasteiger partial charge in [-0.05, 0) is 68.1 Å². The minimum Gasteiger partial charge on any atom is -0.438 e. The van der Waals surface area contributed by atoms with E-state index in [9.17, 15) is 4.79 Å². The zero-order chi connectivity index (χ0) is 20.4. The van der Waals surface area contributed by atoms with Gasteiger partial charge in [-0.25, -0.2) is 4.99 Å². The number of amides is 1. The van der Waals surface area contributed by atoms with Crippen LogP contribution in [0.3, 0.4) is 0 Å². The van der Waals surface area contributed by atoms with Crippen LogP contribution in [0.5, 0.6) is 0 Å². The second-order valence-electron chi connectivity index (χ2n) is 7.39. The minimum absolute atomic E-state index is 0.0740. The number of carbonyl (C=O) groups is 1. The highest BCUT2D eigenvalue weighted by Crippen LogP contribution is 2.22. The van der Waals surface area contributed by atoms with Gasteiger partial charge in [-0.1, -0.05) is 28.1 Å². The van der Waals surface area contributed by atoms with Crippen LogP contribution < -0.4 is 10.9 Å². The quantitative estimate of drug-likeness (QED) is 0.606. The fraction of sp³-hybridized carbons (Fsp3) is 0.304. The molecular weight excluding hydrogens is 432 g/mol. The summed E-state index contributed by atoms with van der Waals surface area (Å²) in [7, 11) is 0. The van der Waals surface area contributed by atoms with Crippen LogP contribution in [-0.4, -0.2) is 25.2 Å². The molecule has 0 bridgehead atoms. The first-order valence-electron chi connectivity index (χ1n) is 9.75. The summed E-state index contributed by atoms with van der Waals surface area (Å²) >= 11 is 3.48. The molecule has 1 atom stereocenters. The normalized spacial score (nSPS) is 17.1. The van der Waals surface area contributed by atoms with E-state index in [1.807, 2.05) is 56.3 Å². The lowest BCUT2D eigenvalue weighted by Gasteiger charge is -2.11. The third-order valence-corrected chi connectivity index (χ3v) is 5.55. The molecule has 150 valence electrons. The van der Waals surface area contributed by atoms with Gasteiger partial charge in [-0.2, -0.15) is 0 Å². The maximum atomic E-state index is 13.0. The molecule has 0 radical (unpaired) electrons. The lowest BCUT2D eigenvalue weighted by molar-refractivity contribution is 0.0854. The molecule has 4 rings (SSSR count). The Kier molecular flexibility index (Phi) is 5.83. The Labute approximate surface area is 177 Å². The van der Waals surface area contributed by atoms with Crippen molar-refractivity contribution in [1.82, 2.24) is 5.32 Å². The minimum atomic E-state index is -0.213. The molecule has 1 aliphatic rings. The Morgan fingerprint density at radius 3 is 2.86 bits per heavy atom. The van der Waals surface area contributed by atoms with E-state index in [-0.39, 0.29) is 12.0 Å². The number of ether oxygens (including phenoxy) is 1. The van der Waals surface area contributed by atoms with Gasteiger partial charge in [-0.3, -0.25) is 4.79 Å². The Hall–Kier alpha value is -2.44. The highest BCUT2D eigenvalue weighted by Gasteiger charge is 2.18. The van der Waals surface area contributed by atoms with E-state index >= 15 is 0 Å². The van der Waals surface area contributed by atoms with Gasteiger partial charge >= 0.3 is 0 Å². The van der Waals surface area contributed by atoms with Crippen LogP contribution in [0.25, 0.3) is 11.0 Å². The molecule has 1 N–H and O–H groups in total. The second kappa shape index (κ2) is 8.51.